The van der Waals surface area contributed by atoms with Crippen molar-refractivity contribution in [2.75, 3.05) is 11.9 Å². The molecule has 6 nitrogen and oxygen atoms in total. The van der Waals surface area contributed by atoms with Crippen LogP contribution in [-0.4, -0.2) is 27.6 Å². The average Bonchev–Trinajstić information content (AvgIpc) is 3.03. The quantitative estimate of drug-likeness (QED) is 0.728. The largest absolute Gasteiger partial charge is 0.370 e. The molecule has 0 saturated carbocycles. The van der Waals surface area contributed by atoms with E-state index in [-0.39, 0.29) is 5.91 Å². The number of carbonyl (C=O) groups is 1. The molecule has 112 valence electrons. The summed E-state index contributed by atoms with van der Waals surface area (Å²) in [6, 6.07) is 3.63. The van der Waals surface area contributed by atoms with Crippen LogP contribution in [0.25, 0.3) is 0 Å². The zero-order chi connectivity index (χ0) is 15.1. The summed E-state index contributed by atoms with van der Waals surface area (Å²) < 4.78 is 0. The topological polar surface area (TPSA) is 82.7 Å². The van der Waals surface area contributed by atoms with Gasteiger partial charge in [0.15, 0.2) is 0 Å². The number of carbonyl (C=O) groups excluding carboxylic acids is 1. The van der Waals surface area contributed by atoms with Gasteiger partial charge in [-0.1, -0.05) is 13.8 Å². The normalized spacial score (nSPS) is 10.4. The second kappa shape index (κ2) is 7.42. The second-order valence-electron chi connectivity index (χ2n) is 4.80. The molecule has 0 aliphatic heterocycles. The number of aromatic amines is 1. The predicted octanol–water partition coefficient (Wildman–Crippen LogP) is 2.12. The van der Waals surface area contributed by atoms with E-state index in [0.29, 0.717) is 12.1 Å². The van der Waals surface area contributed by atoms with E-state index in [1.54, 1.807) is 18.5 Å². The number of nitrogens with zero attached hydrogens (tertiary/aromatic N) is 2. The number of aryl methyl sites for hydroxylation is 1. The van der Waals surface area contributed by atoms with Crippen molar-refractivity contribution >= 4 is 11.7 Å². The molecular formula is C15H21N5O. The first kappa shape index (κ1) is 15.0. The van der Waals surface area contributed by atoms with E-state index in [1.165, 1.54) is 0 Å². The zero-order valence-electron chi connectivity index (χ0n) is 12.4. The fraction of sp³-hybridized carbons (Fsp3) is 0.400. The third-order valence-electron chi connectivity index (χ3n) is 3.07. The molecule has 2 aromatic rings. The highest BCUT2D eigenvalue weighted by Crippen LogP contribution is 2.12. The standard InChI is InChI=1S/C15H21N5O/c1-3-5-16-14-7-12(6-13(4-2)20-14)15(21)17-8-11-9-18-19-10-11/h6-7,9-10H,3-5,8H2,1-2H3,(H,16,20)(H,17,21)(H,18,19). The van der Waals surface area contributed by atoms with Crippen molar-refractivity contribution < 1.29 is 4.79 Å². The molecule has 0 aromatic carbocycles. The van der Waals surface area contributed by atoms with E-state index in [9.17, 15) is 4.79 Å². The summed E-state index contributed by atoms with van der Waals surface area (Å²) in [7, 11) is 0. The number of hydrogen-bond donors (Lipinski definition) is 3. The molecular weight excluding hydrogens is 266 g/mol. The number of anilines is 1. The molecule has 1 amide bonds. The Hall–Kier alpha value is -2.37. The number of amides is 1. The molecule has 0 atom stereocenters. The molecule has 0 fully saturated rings. The van der Waals surface area contributed by atoms with Crippen LogP contribution < -0.4 is 10.6 Å². The Kier molecular flexibility index (Phi) is 5.31. The van der Waals surface area contributed by atoms with E-state index in [0.717, 1.165) is 36.5 Å². The summed E-state index contributed by atoms with van der Waals surface area (Å²) in [4.78, 5) is 16.7. The molecule has 21 heavy (non-hydrogen) atoms. The maximum absolute atomic E-state index is 12.2. The van der Waals surface area contributed by atoms with Gasteiger partial charge in [-0.15, -0.1) is 0 Å². The molecule has 0 saturated heterocycles. The van der Waals surface area contributed by atoms with Crippen molar-refractivity contribution in [1.29, 1.82) is 0 Å². The first-order chi connectivity index (χ1) is 10.2. The lowest BCUT2D eigenvalue weighted by atomic mass is 10.1. The van der Waals surface area contributed by atoms with Crippen LogP contribution in [0.2, 0.25) is 0 Å². The van der Waals surface area contributed by atoms with Crippen molar-refractivity contribution in [3.63, 3.8) is 0 Å². The number of rotatable bonds is 7. The van der Waals surface area contributed by atoms with Gasteiger partial charge in [-0.3, -0.25) is 9.89 Å². The maximum atomic E-state index is 12.2. The summed E-state index contributed by atoms with van der Waals surface area (Å²) >= 11 is 0. The lowest BCUT2D eigenvalue weighted by molar-refractivity contribution is 0.0950. The van der Waals surface area contributed by atoms with Gasteiger partial charge in [0.25, 0.3) is 5.91 Å². The minimum atomic E-state index is -0.104. The number of pyridine rings is 1. The molecule has 0 unspecified atom stereocenters. The van der Waals surface area contributed by atoms with E-state index >= 15 is 0 Å². The van der Waals surface area contributed by atoms with Crippen LogP contribution in [0.1, 0.15) is 41.9 Å². The van der Waals surface area contributed by atoms with Crippen LogP contribution >= 0.6 is 0 Å². The SMILES string of the molecule is CCCNc1cc(C(=O)NCc2cn[nH]c2)cc(CC)n1. The predicted molar refractivity (Wildman–Crippen MR) is 82.2 cm³/mol. The molecule has 0 spiro atoms. The molecule has 3 N–H and O–H groups in total. The van der Waals surface area contributed by atoms with Crippen molar-refractivity contribution in [1.82, 2.24) is 20.5 Å². The van der Waals surface area contributed by atoms with Gasteiger partial charge in [0, 0.05) is 36.1 Å². The third kappa shape index (κ3) is 4.30. The van der Waals surface area contributed by atoms with Crippen LogP contribution in [0, 0.1) is 0 Å². The highest BCUT2D eigenvalue weighted by Gasteiger charge is 2.09. The van der Waals surface area contributed by atoms with Crippen LogP contribution in [0.15, 0.2) is 24.5 Å². The Labute approximate surface area is 124 Å². The zero-order valence-corrected chi connectivity index (χ0v) is 12.4. The molecule has 0 aliphatic rings. The van der Waals surface area contributed by atoms with Gasteiger partial charge in [-0.25, -0.2) is 4.98 Å². The van der Waals surface area contributed by atoms with Crippen LogP contribution in [0.4, 0.5) is 5.82 Å². The van der Waals surface area contributed by atoms with Gasteiger partial charge in [0.1, 0.15) is 5.82 Å². The minimum absolute atomic E-state index is 0.104. The number of aromatic nitrogens is 3. The number of nitrogens with one attached hydrogen (secondary N) is 3. The number of H-pyrrole nitrogens is 1. The smallest absolute Gasteiger partial charge is 0.251 e. The van der Waals surface area contributed by atoms with Gasteiger partial charge in [-0.05, 0) is 25.0 Å². The van der Waals surface area contributed by atoms with E-state index in [2.05, 4.69) is 32.7 Å². The van der Waals surface area contributed by atoms with Gasteiger partial charge in [-0.2, -0.15) is 5.10 Å². The summed E-state index contributed by atoms with van der Waals surface area (Å²) in [5, 5.41) is 12.7. The van der Waals surface area contributed by atoms with Crippen molar-refractivity contribution in [3.05, 3.63) is 41.3 Å². The van der Waals surface area contributed by atoms with Gasteiger partial charge in [0.05, 0.1) is 6.20 Å². The highest BCUT2D eigenvalue weighted by atomic mass is 16.1. The van der Waals surface area contributed by atoms with E-state index in [1.807, 2.05) is 13.0 Å². The second-order valence-corrected chi connectivity index (χ2v) is 4.80. The summed E-state index contributed by atoms with van der Waals surface area (Å²) in [5.74, 6) is 0.650. The maximum Gasteiger partial charge on any atom is 0.251 e. The Morgan fingerprint density at radius 3 is 2.86 bits per heavy atom. The van der Waals surface area contributed by atoms with Gasteiger partial charge < -0.3 is 10.6 Å². The van der Waals surface area contributed by atoms with E-state index in [4.69, 9.17) is 0 Å². The minimum Gasteiger partial charge on any atom is -0.370 e. The summed E-state index contributed by atoms with van der Waals surface area (Å²) in [5.41, 5.74) is 2.48. The summed E-state index contributed by atoms with van der Waals surface area (Å²) in [6.45, 7) is 5.42. The Morgan fingerprint density at radius 1 is 1.33 bits per heavy atom. The Balaban J connectivity index is 2.07. The molecule has 2 aromatic heterocycles. The molecule has 2 rings (SSSR count). The fourth-order valence-electron chi connectivity index (χ4n) is 1.90. The molecule has 6 heteroatoms. The first-order valence-corrected chi connectivity index (χ1v) is 7.23. The third-order valence-corrected chi connectivity index (χ3v) is 3.07. The highest BCUT2D eigenvalue weighted by molar-refractivity contribution is 5.94. The average molecular weight is 287 g/mol. The summed E-state index contributed by atoms with van der Waals surface area (Å²) in [6.07, 6.45) is 5.26. The molecule has 0 bridgehead atoms. The van der Waals surface area contributed by atoms with Crippen molar-refractivity contribution in [2.45, 2.75) is 33.2 Å². The van der Waals surface area contributed by atoms with Gasteiger partial charge in [0.2, 0.25) is 0 Å². The van der Waals surface area contributed by atoms with E-state index < -0.39 is 0 Å². The lowest BCUT2D eigenvalue weighted by Gasteiger charge is -2.09. The lowest BCUT2D eigenvalue weighted by Crippen LogP contribution is -2.23. The fourth-order valence-corrected chi connectivity index (χ4v) is 1.90. The molecule has 2 heterocycles. The molecule has 0 radical (unpaired) electrons. The van der Waals surface area contributed by atoms with Crippen LogP contribution in [-0.2, 0) is 13.0 Å². The van der Waals surface area contributed by atoms with Crippen LogP contribution in [0.3, 0.4) is 0 Å². The van der Waals surface area contributed by atoms with Gasteiger partial charge >= 0.3 is 0 Å². The number of hydrogen-bond acceptors (Lipinski definition) is 4. The Bertz CT molecular complexity index is 580. The van der Waals surface area contributed by atoms with Crippen molar-refractivity contribution in [3.8, 4) is 0 Å². The first-order valence-electron chi connectivity index (χ1n) is 7.23. The Morgan fingerprint density at radius 2 is 2.19 bits per heavy atom. The monoisotopic (exact) mass is 287 g/mol. The van der Waals surface area contributed by atoms with Crippen LogP contribution in [0.5, 0.6) is 0 Å². The van der Waals surface area contributed by atoms with Crippen molar-refractivity contribution in [2.24, 2.45) is 0 Å². The molecule has 0 aliphatic carbocycles.